The molecule has 1 heterocycles. The highest BCUT2D eigenvalue weighted by Gasteiger charge is 2.40. The summed E-state index contributed by atoms with van der Waals surface area (Å²) in [5.74, 6) is 0.824. The van der Waals surface area contributed by atoms with E-state index >= 15 is 0 Å². The Kier molecular flexibility index (Phi) is 11.2. The van der Waals surface area contributed by atoms with E-state index < -0.39 is 8.32 Å². The predicted molar refractivity (Wildman–Crippen MR) is 142 cm³/mol. The van der Waals surface area contributed by atoms with Crippen molar-refractivity contribution in [2.24, 2.45) is 0 Å². The van der Waals surface area contributed by atoms with Crippen LogP contribution in [0.3, 0.4) is 0 Å². The van der Waals surface area contributed by atoms with Crippen LogP contribution in [0.4, 0.5) is 0 Å². The van der Waals surface area contributed by atoms with Gasteiger partial charge in [-0.15, -0.1) is 0 Å². The first-order chi connectivity index (χ1) is 16.1. The summed E-state index contributed by atoms with van der Waals surface area (Å²) in [7, 11) is -0.408. The highest BCUT2D eigenvalue weighted by Crippen LogP contribution is 2.38. The molecule has 1 aromatic carbocycles. The number of benzene rings is 1. The van der Waals surface area contributed by atoms with Gasteiger partial charge in [-0.25, -0.2) is 0 Å². The zero-order valence-electron chi connectivity index (χ0n) is 22.0. The fraction of sp³-hybridized carbons (Fsp3) is 0.571. The lowest BCUT2D eigenvalue weighted by Crippen LogP contribution is -2.47. The SMILES string of the molecule is COc1ccc(CO[C@H](C/C=C/CO)[C@H](/C=C/[C@@H]2CC(C)=CCO2)O[Si](C)(C)C(C)(C)C)cc1. The van der Waals surface area contributed by atoms with E-state index in [2.05, 4.69) is 59.0 Å². The third-order valence-corrected chi connectivity index (χ3v) is 11.1. The van der Waals surface area contributed by atoms with E-state index in [4.69, 9.17) is 18.6 Å². The minimum atomic E-state index is -2.07. The van der Waals surface area contributed by atoms with Crippen molar-refractivity contribution in [3.63, 3.8) is 0 Å². The average Bonchev–Trinajstić information content (AvgIpc) is 2.78. The molecular formula is C28H44O5Si. The summed E-state index contributed by atoms with van der Waals surface area (Å²) in [5, 5.41) is 9.34. The highest BCUT2D eigenvalue weighted by molar-refractivity contribution is 6.74. The molecule has 1 aliphatic rings. The molecular weight excluding hydrogens is 444 g/mol. The first kappa shape index (κ1) is 28.5. The smallest absolute Gasteiger partial charge is 0.193 e. The lowest BCUT2D eigenvalue weighted by atomic mass is 10.0. The molecule has 0 saturated heterocycles. The fourth-order valence-corrected chi connectivity index (χ4v) is 4.68. The van der Waals surface area contributed by atoms with Crippen molar-refractivity contribution >= 4 is 8.32 Å². The Morgan fingerprint density at radius 3 is 2.47 bits per heavy atom. The molecule has 0 bridgehead atoms. The zero-order valence-corrected chi connectivity index (χ0v) is 23.0. The van der Waals surface area contributed by atoms with Crippen LogP contribution in [-0.2, 0) is 20.5 Å². The second-order valence-electron chi connectivity index (χ2n) is 10.4. The molecule has 0 radical (unpaired) electrons. The van der Waals surface area contributed by atoms with Gasteiger partial charge in [0.1, 0.15) is 5.75 Å². The summed E-state index contributed by atoms with van der Waals surface area (Å²) in [5.41, 5.74) is 2.42. The first-order valence-corrected chi connectivity index (χ1v) is 15.1. The Morgan fingerprint density at radius 1 is 1.18 bits per heavy atom. The molecule has 5 nitrogen and oxygen atoms in total. The molecule has 1 aromatic rings. The lowest BCUT2D eigenvalue weighted by Gasteiger charge is -2.40. The molecule has 1 N–H and O–H groups in total. The first-order valence-electron chi connectivity index (χ1n) is 12.2. The summed E-state index contributed by atoms with van der Waals surface area (Å²) in [6.45, 7) is 14.5. The maximum atomic E-state index is 9.27. The molecule has 190 valence electrons. The second-order valence-corrected chi connectivity index (χ2v) is 15.2. The molecule has 0 fully saturated rings. The Labute approximate surface area is 207 Å². The number of rotatable bonds is 12. The van der Waals surface area contributed by atoms with Gasteiger partial charge >= 0.3 is 0 Å². The maximum absolute atomic E-state index is 9.27. The van der Waals surface area contributed by atoms with Crippen LogP contribution in [0, 0.1) is 0 Å². The largest absolute Gasteiger partial charge is 0.497 e. The Bertz CT molecular complexity index is 820. The molecule has 1 aliphatic heterocycles. The molecule has 34 heavy (non-hydrogen) atoms. The topological polar surface area (TPSA) is 57.2 Å². The molecule has 2 rings (SSSR count). The van der Waals surface area contributed by atoms with E-state index in [9.17, 15) is 5.11 Å². The van der Waals surface area contributed by atoms with E-state index in [-0.39, 0.29) is 30.0 Å². The van der Waals surface area contributed by atoms with E-state index in [1.807, 2.05) is 30.3 Å². The minimum absolute atomic E-state index is 0.0102. The highest BCUT2D eigenvalue weighted by atomic mass is 28.4. The van der Waals surface area contributed by atoms with Crippen molar-refractivity contribution in [3.8, 4) is 5.75 Å². The van der Waals surface area contributed by atoms with Gasteiger partial charge in [-0.1, -0.05) is 68.9 Å². The normalized spacial score (nSPS) is 19.4. The van der Waals surface area contributed by atoms with Gasteiger partial charge in [0, 0.05) is 0 Å². The standard InChI is InChI=1S/C28H44O5Si/c1-22-17-19-31-25(20-22)15-16-27(33-34(6,7)28(2,3)4)26(10-8-9-18-29)32-21-23-11-13-24(30-5)14-12-23/h8-9,11-17,25-27,29H,10,18-21H2,1-7H3/b9-8+,16-15+/t25-,26-,27+/m1/s1. The molecule has 0 unspecified atom stereocenters. The van der Waals surface area contributed by atoms with Gasteiger partial charge in [0.2, 0.25) is 0 Å². The minimum Gasteiger partial charge on any atom is -0.497 e. The van der Waals surface area contributed by atoms with Gasteiger partial charge in [-0.05, 0) is 55.6 Å². The van der Waals surface area contributed by atoms with Crippen LogP contribution in [-0.4, -0.2) is 52.1 Å². The van der Waals surface area contributed by atoms with Crippen LogP contribution in [0.15, 0.2) is 60.2 Å². The van der Waals surface area contributed by atoms with Crippen LogP contribution in [0.2, 0.25) is 18.1 Å². The number of aliphatic hydroxyl groups excluding tert-OH is 1. The summed E-state index contributed by atoms with van der Waals surface area (Å²) in [6, 6.07) is 7.92. The van der Waals surface area contributed by atoms with Crippen molar-refractivity contribution in [1.29, 1.82) is 0 Å². The third-order valence-electron chi connectivity index (χ3n) is 6.65. The van der Waals surface area contributed by atoms with Gasteiger partial charge in [0.15, 0.2) is 8.32 Å². The van der Waals surface area contributed by atoms with Crippen LogP contribution in [0.25, 0.3) is 0 Å². The second kappa shape index (κ2) is 13.4. The summed E-state index contributed by atoms with van der Waals surface area (Å²) in [6.07, 6.45) is 11.3. The van der Waals surface area contributed by atoms with E-state index in [1.54, 1.807) is 13.2 Å². The molecule has 0 aromatic heterocycles. The van der Waals surface area contributed by atoms with Gasteiger partial charge in [0.25, 0.3) is 0 Å². The van der Waals surface area contributed by atoms with Crippen molar-refractivity contribution in [2.75, 3.05) is 20.3 Å². The molecule has 6 heteroatoms. The molecule has 0 saturated carbocycles. The van der Waals surface area contributed by atoms with E-state index in [0.29, 0.717) is 19.6 Å². The van der Waals surface area contributed by atoms with Gasteiger partial charge in [-0.2, -0.15) is 0 Å². The molecule has 3 atom stereocenters. The van der Waals surface area contributed by atoms with Crippen LogP contribution in [0.1, 0.15) is 46.1 Å². The van der Waals surface area contributed by atoms with E-state index in [0.717, 1.165) is 17.7 Å². The number of hydrogen-bond acceptors (Lipinski definition) is 5. The van der Waals surface area contributed by atoms with E-state index in [1.165, 1.54) is 5.57 Å². The Morgan fingerprint density at radius 2 is 1.88 bits per heavy atom. The van der Waals surface area contributed by atoms with Crippen LogP contribution in [0.5, 0.6) is 5.75 Å². The summed E-state index contributed by atoms with van der Waals surface area (Å²) >= 11 is 0. The number of aliphatic hydroxyl groups is 1. The van der Waals surface area contributed by atoms with Crippen LogP contribution >= 0.6 is 0 Å². The Hall–Kier alpha value is -1.70. The lowest BCUT2D eigenvalue weighted by molar-refractivity contribution is -0.0203. The molecule has 0 aliphatic carbocycles. The maximum Gasteiger partial charge on any atom is 0.193 e. The summed E-state index contributed by atoms with van der Waals surface area (Å²) < 4.78 is 24.5. The van der Waals surface area contributed by atoms with Crippen molar-refractivity contribution < 1.29 is 23.7 Å². The quantitative estimate of drug-likeness (QED) is 0.280. The van der Waals surface area contributed by atoms with Gasteiger partial charge < -0.3 is 23.7 Å². The van der Waals surface area contributed by atoms with Gasteiger partial charge in [0.05, 0.1) is 45.2 Å². The van der Waals surface area contributed by atoms with Crippen molar-refractivity contribution in [3.05, 3.63) is 65.8 Å². The average molecular weight is 489 g/mol. The van der Waals surface area contributed by atoms with Gasteiger partial charge in [-0.3, -0.25) is 0 Å². The summed E-state index contributed by atoms with van der Waals surface area (Å²) in [4.78, 5) is 0. The fourth-order valence-electron chi connectivity index (χ4n) is 3.41. The van der Waals surface area contributed by atoms with Crippen molar-refractivity contribution in [1.82, 2.24) is 0 Å². The monoisotopic (exact) mass is 488 g/mol. The third kappa shape index (κ3) is 9.15. The number of hydrogen-bond donors (Lipinski definition) is 1. The zero-order chi connectivity index (χ0) is 25.2. The van der Waals surface area contributed by atoms with Crippen LogP contribution < -0.4 is 4.74 Å². The molecule has 0 amide bonds. The van der Waals surface area contributed by atoms with Crippen molar-refractivity contribution in [2.45, 2.75) is 83.6 Å². The number of methoxy groups -OCH3 is 1. The Balaban J connectivity index is 2.26. The predicted octanol–water partition coefficient (Wildman–Crippen LogP) is 6.20. The number of ether oxygens (including phenoxy) is 3. The molecule has 0 spiro atoms.